The van der Waals surface area contributed by atoms with Gasteiger partial charge in [0.25, 0.3) is 10.0 Å². The normalized spacial score (nSPS) is 10.9. The van der Waals surface area contributed by atoms with Crippen molar-refractivity contribution in [2.24, 2.45) is 0 Å². The zero-order chi connectivity index (χ0) is 19.6. The van der Waals surface area contributed by atoms with E-state index >= 15 is 0 Å². The van der Waals surface area contributed by atoms with Crippen LogP contribution in [-0.2, 0) is 10.0 Å². The first-order valence-corrected chi connectivity index (χ1v) is 9.86. The molecule has 1 heterocycles. The highest BCUT2D eigenvalue weighted by molar-refractivity contribution is 7.90. The van der Waals surface area contributed by atoms with Crippen LogP contribution in [0.5, 0.6) is 0 Å². The van der Waals surface area contributed by atoms with Crippen molar-refractivity contribution in [3.05, 3.63) is 88.7 Å². The Hall–Kier alpha value is -3.10. The Kier molecular flexibility index (Phi) is 5.02. The molecule has 0 spiro atoms. The van der Waals surface area contributed by atoms with Gasteiger partial charge in [0.05, 0.1) is 4.90 Å². The van der Waals surface area contributed by atoms with E-state index in [2.05, 4.69) is 11.8 Å². The number of benzene rings is 2. The highest BCUT2D eigenvalue weighted by Crippen LogP contribution is 2.19. The number of carbonyl (C=O) groups is 1. The van der Waals surface area contributed by atoms with Gasteiger partial charge < -0.3 is 0 Å². The summed E-state index contributed by atoms with van der Waals surface area (Å²) in [4.78, 5) is 11.5. The zero-order valence-electron chi connectivity index (χ0n) is 15.4. The van der Waals surface area contributed by atoms with E-state index in [9.17, 15) is 13.2 Å². The topological polar surface area (TPSA) is 56.1 Å². The summed E-state index contributed by atoms with van der Waals surface area (Å²) in [7, 11) is -3.62. The number of carbonyl (C=O) groups excluding carboxylic acids is 1. The molecule has 0 aliphatic carbocycles. The molecule has 0 fully saturated rings. The van der Waals surface area contributed by atoms with E-state index in [0.717, 1.165) is 5.56 Å². The number of Topliss-reactive ketones (excluding diaryl/α,β-unsaturated/α-hetero) is 1. The lowest BCUT2D eigenvalue weighted by molar-refractivity contribution is 0.101. The first-order chi connectivity index (χ1) is 12.8. The van der Waals surface area contributed by atoms with Gasteiger partial charge in [0, 0.05) is 28.1 Å². The molecule has 0 N–H and O–H groups in total. The SMILES string of the molecule is CC(=O)c1ccc(C#Cc2ccc(S(=O)(=O)n3c(C)ccc3C)cc2)cc1. The minimum absolute atomic E-state index is 0.0134. The summed E-state index contributed by atoms with van der Waals surface area (Å²) < 4.78 is 27.0. The van der Waals surface area contributed by atoms with Crippen LogP contribution in [0.3, 0.4) is 0 Å². The summed E-state index contributed by atoms with van der Waals surface area (Å²) in [5.41, 5.74) is 3.49. The van der Waals surface area contributed by atoms with Gasteiger partial charge >= 0.3 is 0 Å². The van der Waals surface area contributed by atoms with E-state index in [0.29, 0.717) is 22.5 Å². The van der Waals surface area contributed by atoms with E-state index in [1.807, 2.05) is 0 Å². The second-order valence-corrected chi connectivity index (χ2v) is 8.08. The fourth-order valence-corrected chi connectivity index (χ4v) is 4.35. The molecule has 0 bridgehead atoms. The Balaban J connectivity index is 1.85. The molecule has 0 radical (unpaired) electrons. The van der Waals surface area contributed by atoms with Crippen LogP contribution in [0.4, 0.5) is 0 Å². The maximum Gasteiger partial charge on any atom is 0.268 e. The van der Waals surface area contributed by atoms with E-state index in [1.54, 1.807) is 74.5 Å². The number of aryl methyl sites for hydroxylation is 2. The number of ketones is 1. The molecule has 1 aromatic heterocycles. The number of hydrogen-bond acceptors (Lipinski definition) is 3. The Bertz CT molecular complexity index is 1140. The lowest BCUT2D eigenvalue weighted by Gasteiger charge is -2.10. The Morgan fingerprint density at radius 2 is 1.22 bits per heavy atom. The van der Waals surface area contributed by atoms with Crippen molar-refractivity contribution < 1.29 is 13.2 Å². The maximum atomic E-state index is 12.8. The fraction of sp³-hybridized carbons (Fsp3) is 0.136. The van der Waals surface area contributed by atoms with E-state index in [-0.39, 0.29) is 10.7 Å². The summed E-state index contributed by atoms with van der Waals surface area (Å²) in [6.45, 7) is 5.05. The average molecular weight is 377 g/mol. The minimum Gasteiger partial charge on any atom is -0.295 e. The molecule has 3 aromatic rings. The van der Waals surface area contributed by atoms with Crippen LogP contribution in [0, 0.1) is 25.7 Å². The van der Waals surface area contributed by atoms with Crippen LogP contribution in [-0.4, -0.2) is 18.2 Å². The second kappa shape index (κ2) is 7.26. The number of hydrogen-bond donors (Lipinski definition) is 0. The summed E-state index contributed by atoms with van der Waals surface area (Å²) in [6.07, 6.45) is 0. The van der Waals surface area contributed by atoms with Crippen LogP contribution in [0.2, 0.25) is 0 Å². The number of aromatic nitrogens is 1. The van der Waals surface area contributed by atoms with Crippen molar-refractivity contribution >= 4 is 15.8 Å². The van der Waals surface area contributed by atoms with Gasteiger partial charge in [-0.2, -0.15) is 0 Å². The van der Waals surface area contributed by atoms with Crippen molar-refractivity contribution in [3.63, 3.8) is 0 Å². The van der Waals surface area contributed by atoms with Crippen LogP contribution in [0.15, 0.2) is 65.6 Å². The van der Waals surface area contributed by atoms with Crippen molar-refractivity contribution in [3.8, 4) is 11.8 Å². The summed E-state index contributed by atoms with van der Waals surface area (Å²) in [5, 5.41) is 0. The molecule has 0 amide bonds. The highest BCUT2D eigenvalue weighted by Gasteiger charge is 2.19. The third-order valence-electron chi connectivity index (χ3n) is 4.24. The maximum absolute atomic E-state index is 12.8. The minimum atomic E-state index is -3.62. The molecule has 136 valence electrons. The zero-order valence-corrected chi connectivity index (χ0v) is 16.2. The van der Waals surface area contributed by atoms with Crippen LogP contribution >= 0.6 is 0 Å². The van der Waals surface area contributed by atoms with Gasteiger partial charge in [0.15, 0.2) is 5.78 Å². The Labute approximate surface area is 159 Å². The number of rotatable bonds is 3. The number of nitrogens with zero attached hydrogens (tertiary/aromatic N) is 1. The molecule has 3 rings (SSSR count). The van der Waals surface area contributed by atoms with Crippen molar-refractivity contribution in [2.45, 2.75) is 25.7 Å². The molecule has 0 atom stereocenters. The smallest absolute Gasteiger partial charge is 0.268 e. The van der Waals surface area contributed by atoms with Crippen LogP contribution < -0.4 is 0 Å². The van der Waals surface area contributed by atoms with Gasteiger partial charge in [-0.1, -0.05) is 24.0 Å². The third-order valence-corrected chi connectivity index (χ3v) is 6.17. The average Bonchev–Trinajstić information content (AvgIpc) is 2.99. The molecule has 0 aliphatic heterocycles. The Morgan fingerprint density at radius 1 is 0.778 bits per heavy atom. The third kappa shape index (κ3) is 3.86. The van der Waals surface area contributed by atoms with E-state index in [1.165, 1.54) is 10.9 Å². The Morgan fingerprint density at radius 3 is 1.67 bits per heavy atom. The molecule has 27 heavy (non-hydrogen) atoms. The largest absolute Gasteiger partial charge is 0.295 e. The van der Waals surface area contributed by atoms with Gasteiger partial charge in [-0.25, -0.2) is 12.4 Å². The highest BCUT2D eigenvalue weighted by atomic mass is 32.2. The van der Waals surface area contributed by atoms with E-state index in [4.69, 9.17) is 0 Å². The van der Waals surface area contributed by atoms with Crippen LogP contribution in [0.1, 0.15) is 39.8 Å². The predicted octanol–water partition coefficient (Wildman–Crippen LogP) is 3.94. The molecular weight excluding hydrogens is 358 g/mol. The summed E-state index contributed by atoms with van der Waals surface area (Å²) >= 11 is 0. The summed E-state index contributed by atoms with van der Waals surface area (Å²) in [5.74, 6) is 6.04. The first kappa shape index (κ1) is 18.7. The van der Waals surface area contributed by atoms with Gasteiger partial charge in [-0.15, -0.1) is 0 Å². The molecule has 2 aromatic carbocycles. The monoisotopic (exact) mass is 377 g/mol. The lowest BCUT2D eigenvalue weighted by atomic mass is 10.1. The van der Waals surface area contributed by atoms with Gasteiger partial charge in [-0.05, 0) is 69.3 Å². The van der Waals surface area contributed by atoms with Crippen molar-refractivity contribution in [1.82, 2.24) is 3.97 Å². The second-order valence-electron chi connectivity index (χ2n) is 6.29. The molecule has 0 saturated heterocycles. The molecule has 0 unspecified atom stereocenters. The van der Waals surface area contributed by atoms with Crippen molar-refractivity contribution in [1.29, 1.82) is 0 Å². The molecule has 5 heteroatoms. The molecule has 0 aliphatic rings. The summed E-state index contributed by atoms with van der Waals surface area (Å²) in [6, 6.07) is 17.1. The van der Waals surface area contributed by atoms with E-state index < -0.39 is 10.0 Å². The van der Waals surface area contributed by atoms with Gasteiger partial charge in [0.2, 0.25) is 0 Å². The van der Waals surface area contributed by atoms with Crippen molar-refractivity contribution in [2.75, 3.05) is 0 Å². The van der Waals surface area contributed by atoms with Crippen LogP contribution in [0.25, 0.3) is 0 Å². The predicted molar refractivity (Wildman–Crippen MR) is 105 cm³/mol. The standard InChI is InChI=1S/C22H19NO3S/c1-16-4-5-17(2)23(16)27(25,26)22-14-10-20(11-15-22)7-6-19-8-12-21(13-9-19)18(3)24/h4-5,8-15H,1-3H3. The fourth-order valence-electron chi connectivity index (χ4n) is 2.78. The molecular formula is C22H19NO3S. The lowest BCUT2D eigenvalue weighted by Crippen LogP contribution is -2.15. The van der Waals surface area contributed by atoms with Gasteiger partial charge in [0.1, 0.15) is 0 Å². The van der Waals surface area contributed by atoms with Gasteiger partial charge in [-0.3, -0.25) is 4.79 Å². The molecule has 0 saturated carbocycles. The quantitative estimate of drug-likeness (QED) is 0.513. The molecule has 4 nitrogen and oxygen atoms in total. The first-order valence-electron chi connectivity index (χ1n) is 8.42.